The van der Waals surface area contributed by atoms with E-state index in [4.69, 9.17) is 18.9 Å². The Morgan fingerprint density at radius 3 is 1.29 bits per heavy atom. The molecule has 29 rings (SSSR count). The van der Waals surface area contributed by atoms with Gasteiger partial charge in [0.15, 0.2) is 69.7 Å². The third-order valence-electron chi connectivity index (χ3n) is 26.4. The number of esters is 1. The van der Waals surface area contributed by atoms with E-state index >= 15 is 0 Å². The van der Waals surface area contributed by atoms with Crippen LogP contribution in [-0.2, 0) is 16.1 Å². The SMILES string of the molecule is CC(=O)OC1CSc2ccccc2C1=O.CCn1c2ccccc2c2cc3c(cc21)C(=O)CCS3.O=C1CCOc2cc3c(cc21)SCCC3=O.O=C1CCSc2c1ccc1ccccc21.O=C1CCSc2cc3c(cc21)OCO3.O=C1CCSc2cc3c(cc21)sc1ccccc13.O=C1CCSc2cc3c(cc21)sc1ccccc13.O=C1CCSc2cc3ccccc3cc21.O=C1CCSc2ccc3ccccc3c21. The zero-order valence-electron chi connectivity index (χ0n) is 79.4. The number of para-hydroxylation sites is 1. The maximum absolute atomic E-state index is 12.1. The van der Waals surface area contributed by atoms with Gasteiger partial charge >= 0.3 is 5.97 Å². The summed E-state index contributed by atoms with van der Waals surface area (Å²) < 4.78 is 28.2. The van der Waals surface area contributed by atoms with Gasteiger partial charge in [0, 0.05) is 279 Å². The summed E-state index contributed by atoms with van der Waals surface area (Å²) in [6.07, 6.45) is 5.05. The minimum Gasteiger partial charge on any atom is -0.492 e. The van der Waals surface area contributed by atoms with Crippen LogP contribution in [0, 0.1) is 0 Å². The van der Waals surface area contributed by atoms with Crippen molar-refractivity contribution in [1.29, 1.82) is 0 Å². The second kappa shape index (κ2) is 45.0. The van der Waals surface area contributed by atoms with Crippen molar-refractivity contribution in [1.82, 2.24) is 4.57 Å². The van der Waals surface area contributed by atoms with Crippen LogP contribution in [0.4, 0.5) is 0 Å². The molecular formula is C119H93NO15S11. The van der Waals surface area contributed by atoms with Crippen LogP contribution in [-0.4, -0.2) is 140 Å². The van der Waals surface area contributed by atoms with E-state index in [0.29, 0.717) is 116 Å². The average molecular weight is 2130 g/mol. The quantitative estimate of drug-likeness (QED) is 0.146. The van der Waals surface area contributed by atoms with Crippen LogP contribution >= 0.6 is 129 Å². The minimum absolute atomic E-state index is 0.0976. The van der Waals surface area contributed by atoms with Crippen LogP contribution < -0.4 is 14.2 Å². The number of carbonyl (C=O) groups excluding carboxylic acids is 11. The molecule has 0 radical (unpaired) electrons. The number of nitrogens with zero attached hydrogens (tertiary/aromatic N) is 1. The van der Waals surface area contributed by atoms with Crippen LogP contribution in [0.25, 0.3) is 94.5 Å². The first kappa shape index (κ1) is 100.0. The number of hydrogen-bond donors (Lipinski definition) is 0. The summed E-state index contributed by atoms with van der Waals surface area (Å²) in [6, 6.07) is 89.8. The Labute approximate surface area is 888 Å². The molecule has 0 amide bonds. The molecule has 16 nitrogen and oxygen atoms in total. The summed E-state index contributed by atoms with van der Waals surface area (Å²) in [6.45, 7) is 5.08. The number of aryl methyl sites for hydroxylation is 1. The fourth-order valence-electron chi connectivity index (χ4n) is 19.2. The smallest absolute Gasteiger partial charge is 0.303 e. The molecular weight excluding hydrogens is 2040 g/mol. The fourth-order valence-corrected chi connectivity index (χ4v) is 31.0. The summed E-state index contributed by atoms with van der Waals surface area (Å²) in [4.78, 5) is 139. The summed E-state index contributed by atoms with van der Waals surface area (Å²) >= 11 is 19.2. The highest BCUT2D eigenvalue weighted by Gasteiger charge is 2.33. The molecule has 14 heterocycles. The lowest BCUT2D eigenvalue weighted by atomic mass is 10.00. The molecule has 0 saturated carbocycles. The van der Waals surface area contributed by atoms with Crippen molar-refractivity contribution >= 4 is 287 Å². The van der Waals surface area contributed by atoms with E-state index in [-0.39, 0.29) is 47.3 Å². The van der Waals surface area contributed by atoms with Crippen molar-refractivity contribution in [2.45, 2.75) is 128 Å². The van der Waals surface area contributed by atoms with E-state index in [1.54, 1.807) is 147 Å². The molecule has 18 aromatic rings. The monoisotopic (exact) mass is 2130 g/mol. The van der Waals surface area contributed by atoms with Gasteiger partial charge in [-0.25, -0.2) is 0 Å². The third kappa shape index (κ3) is 21.3. The lowest BCUT2D eigenvalue weighted by Gasteiger charge is -2.21. The Bertz CT molecular complexity index is 8220. The molecule has 1 unspecified atom stereocenters. The predicted octanol–water partition coefficient (Wildman–Crippen LogP) is 30.8. The Balaban J connectivity index is 0.0000000967. The molecule has 15 aromatic carbocycles. The molecule has 3 aromatic heterocycles. The number of ketones is 10. The van der Waals surface area contributed by atoms with Crippen LogP contribution in [0.5, 0.6) is 17.2 Å². The molecule has 0 bridgehead atoms. The molecule has 0 N–H and O–H groups in total. The van der Waals surface area contributed by atoms with Gasteiger partial charge in [-0.2, -0.15) is 0 Å². The van der Waals surface area contributed by atoms with Gasteiger partial charge in [0.1, 0.15) is 5.75 Å². The van der Waals surface area contributed by atoms with Crippen molar-refractivity contribution < 1.29 is 71.7 Å². The highest BCUT2D eigenvalue weighted by Crippen LogP contribution is 2.48. The van der Waals surface area contributed by atoms with Crippen LogP contribution in [0.3, 0.4) is 0 Å². The Hall–Kier alpha value is -12.0. The Kier molecular flexibility index (Phi) is 30.8. The second-order valence-corrected chi connectivity index (χ2v) is 47.8. The largest absolute Gasteiger partial charge is 0.492 e. The summed E-state index contributed by atoms with van der Waals surface area (Å²) in [5.74, 6) is 11.4. The molecule has 730 valence electrons. The number of thioether (sulfide) groups is 9. The van der Waals surface area contributed by atoms with Crippen molar-refractivity contribution in [2.24, 2.45) is 0 Å². The zero-order valence-corrected chi connectivity index (χ0v) is 88.4. The first-order valence-electron chi connectivity index (χ1n) is 48.3. The maximum Gasteiger partial charge on any atom is 0.303 e. The topological polar surface area (TPSA) is 230 Å². The Morgan fingerprint density at radius 1 is 0.295 bits per heavy atom. The summed E-state index contributed by atoms with van der Waals surface area (Å²) in [5, 5.41) is 14.8. The molecule has 11 aliphatic heterocycles. The summed E-state index contributed by atoms with van der Waals surface area (Å²) in [7, 11) is 0. The Morgan fingerprint density at radius 2 is 0.712 bits per heavy atom. The standard InChI is InChI=1S/C17H15NOS.2C15H10OS2.3C13H10OS.C12H10O3S.C11H10O3S.C10H8O3S/c1-2-18-14-6-4-3-5-11(14)12-10-17-13(9-15(12)18)16(19)7-8-20-17;2*16-12-5-6-17-14-7-10-9-3-1-2-4-13(9)18-15(10)8-11(12)14;14-12-5-6-15-13-8-10-4-2-1-3-9(10)7-11(12)13;14-11-7-8-15-12-6-5-9-3-1-2-4-10(9)13(11)12;14-12-7-8-15-13-10-4-2-1-3-9(10)5-6-11(12)13;13-9-1-3-15-11-5-8-10(14)2-4-16-12(8)6-7(9)11;1-7(12)14-9-6-15-10-5-3-2-4-8(10)11(9)13;11-7-1-2-14-10-4-9-8(3-6(7)10)12-5-13-9/h3-6,9-10H,2,7-8H2,1H3;2*1-4,7-8H,5-6H2;1-4,7-8H,5-6H2;2*1-6H,7-8H2;5-6H,1-4H2;2-5,9H,6H2,1H3;3-4H,1-2,5H2. The number of ether oxygens (including phenoxy) is 4. The molecule has 146 heavy (non-hydrogen) atoms. The van der Waals surface area contributed by atoms with Crippen molar-refractivity contribution in [3.05, 3.63) is 323 Å². The first-order chi connectivity index (χ1) is 71.3. The molecule has 0 fully saturated rings. The van der Waals surface area contributed by atoms with E-state index in [1.807, 2.05) is 91.0 Å². The van der Waals surface area contributed by atoms with E-state index in [1.165, 1.54) is 90.1 Å². The number of benzene rings is 15. The normalized spacial score (nSPS) is 16.3. The molecule has 0 aliphatic carbocycles. The van der Waals surface area contributed by atoms with Gasteiger partial charge in [-0.15, -0.1) is 129 Å². The van der Waals surface area contributed by atoms with Gasteiger partial charge in [-0.05, 0) is 148 Å². The molecule has 0 spiro atoms. The van der Waals surface area contributed by atoms with E-state index in [2.05, 4.69) is 169 Å². The highest BCUT2D eigenvalue weighted by molar-refractivity contribution is 8.01. The highest BCUT2D eigenvalue weighted by atomic mass is 32.2. The number of fused-ring (bicyclic) bond motifs is 25. The number of hydrogen-bond acceptors (Lipinski definition) is 26. The number of aromatic nitrogens is 1. The van der Waals surface area contributed by atoms with Crippen molar-refractivity contribution in [3.8, 4) is 17.2 Å². The number of rotatable bonds is 2. The van der Waals surface area contributed by atoms with Gasteiger partial charge in [0.2, 0.25) is 12.6 Å². The van der Waals surface area contributed by atoms with Gasteiger partial charge in [0.05, 0.1) is 12.2 Å². The van der Waals surface area contributed by atoms with Gasteiger partial charge in [-0.3, -0.25) is 52.7 Å². The lowest BCUT2D eigenvalue weighted by Crippen LogP contribution is -2.32. The average Bonchev–Trinajstić information content (AvgIpc) is 1.59. The zero-order chi connectivity index (χ0) is 100. The van der Waals surface area contributed by atoms with E-state index in [0.717, 1.165) is 153 Å². The minimum atomic E-state index is -0.623. The van der Waals surface area contributed by atoms with Gasteiger partial charge < -0.3 is 23.5 Å². The first-order valence-corrected chi connectivity index (χ1v) is 58.8. The second-order valence-electron chi connectivity index (χ2n) is 35.5. The molecule has 11 aliphatic rings. The lowest BCUT2D eigenvalue weighted by molar-refractivity contribution is -0.143. The third-order valence-corrected chi connectivity index (χ3v) is 38.4. The molecule has 0 saturated heterocycles. The predicted molar refractivity (Wildman–Crippen MR) is 603 cm³/mol. The van der Waals surface area contributed by atoms with Crippen molar-refractivity contribution in [3.63, 3.8) is 0 Å². The van der Waals surface area contributed by atoms with E-state index < -0.39 is 12.1 Å². The maximum atomic E-state index is 12.1. The fraction of sp³-hybridized carbons (Fsp3) is 0.202. The van der Waals surface area contributed by atoms with Crippen LogP contribution in [0.1, 0.15) is 175 Å². The van der Waals surface area contributed by atoms with Crippen LogP contribution in [0.2, 0.25) is 0 Å². The number of thiophene rings is 2. The summed E-state index contributed by atoms with van der Waals surface area (Å²) in [5.41, 5.74) is 10.7. The molecule has 1 atom stereocenters. The van der Waals surface area contributed by atoms with Crippen LogP contribution in [0.15, 0.2) is 311 Å². The number of Topliss-reactive ketones (excluding diaryl/α,β-unsaturated/α-hetero) is 10. The van der Waals surface area contributed by atoms with Gasteiger partial charge in [-0.1, -0.05) is 158 Å². The number of carbonyl (C=O) groups is 11. The van der Waals surface area contributed by atoms with Crippen molar-refractivity contribution in [2.75, 3.05) is 65.2 Å². The van der Waals surface area contributed by atoms with Gasteiger partial charge in [0.25, 0.3) is 0 Å². The molecule has 27 heteroatoms. The van der Waals surface area contributed by atoms with E-state index in [9.17, 15) is 52.7 Å².